The molecule has 220 valence electrons. The average Bonchev–Trinajstić information content (AvgIpc) is 3.01. The molecule has 0 aliphatic heterocycles. The summed E-state index contributed by atoms with van der Waals surface area (Å²) >= 11 is 0. The summed E-state index contributed by atoms with van der Waals surface area (Å²) in [5, 5.41) is 0. The first-order valence-electron chi connectivity index (χ1n) is 13.4. The van der Waals surface area contributed by atoms with Gasteiger partial charge in [-0.05, 0) is 85.3 Å². The summed E-state index contributed by atoms with van der Waals surface area (Å²) in [6.45, 7) is 7.26. The molecule has 0 saturated heterocycles. The van der Waals surface area contributed by atoms with E-state index in [0.29, 0.717) is 35.8 Å². The van der Waals surface area contributed by atoms with Crippen LogP contribution in [0.3, 0.4) is 0 Å². The van der Waals surface area contributed by atoms with Gasteiger partial charge >= 0.3 is 17.9 Å². The van der Waals surface area contributed by atoms with Crippen molar-refractivity contribution in [3.63, 3.8) is 0 Å². The van der Waals surface area contributed by atoms with Crippen LogP contribution in [0.1, 0.15) is 36.0 Å². The van der Waals surface area contributed by atoms with Crippen LogP contribution in [-0.4, -0.2) is 44.3 Å². The standard InChI is InChI=1S/C33H33FO8/c1-3-31(35)40-23-22-39-29-14-8-25(9-15-29)26-10-18-30(19-11-26)42-33(37)27-12-16-28(17-13-27)38-20-6-4-5-7-21-41-32(36)24(2)34/h3,8-19H,1-2,4-7,20-23H2. The van der Waals surface area contributed by atoms with Crippen LogP contribution in [0, 0.1) is 0 Å². The number of hydrogen-bond acceptors (Lipinski definition) is 8. The van der Waals surface area contributed by atoms with Gasteiger partial charge in [-0.1, -0.05) is 37.4 Å². The number of carbonyl (C=O) groups is 3. The number of esters is 3. The SMILES string of the molecule is C=CC(=O)OCCOc1ccc(-c2ccc(OC(=O)c3ccc(OCCCCCCOC(=O)C(=C)F)cc3)cc2)cc1. The Kier molecular flexibility index (Phi) is 12.8. The molecule has 3 aromatic rings. The van der Waals surface area contributed by atoms with Gasteiger partial charge in [0.05, 0.1) is 18.8 Å². The quantitative estimate of drug-likeness (QED) is 0.0763. The van der Waals surface area contributed by atoms with Gasteiger partial charge in [-0.25, -0.2) is 14.4 Å². The fraction of sp³-hybridized carbons (Fsp3) is 0.242. The van der Waals surface area contributed by atoms with E-state index in [1.54, 1.807) is 36.4 Å². The predicted molar refractivity (Wildman–Crippen MR) is 155 cm³/mol. The van der Waals surface area contributed by atoms with Gasteiger partial charge in [0.25, 0.3) is 0 Å². The molecule has 0 N–H and O–H groups in total. The minimum Gasteiger partial charge on any atom is -0.494 e. The molecule has 8 nitrogen and oxygen atoms in total. The van der Waals surface area contributed by atoms with Crippen LogP contribution in [0.5, 0.6) is 17.2 Å². The Morgan fingerprint density at radius 2 is 1.17 bits per heavy atom. The fourth-order valence-corrected chi connectivity index (χ4v) is 3.66. The van der Waals surface area contributed by atoms with E-state index in [4.69, 9.17) is 23.7 Å². The van der Waals surface area contributed by atoms with Gasteiger partial charge in [-0.2, -0.15) is 4.39 Å². The molecule has 3 rings (SSSR count). The van der Waals surface area contributed by atoms with Crippen molar-refractivity contribution < 1.29 is 42.5 Å². The van der Waals surface area contributed by atoms with E-state index >= 15 is 0 Å². The predicted octanol–water partition coefficient (Wildman–Crippen LogP) is 6.65. The maximum absolute atomic E-state index is 12.6. The monoisotopic (exact) mass is 576 g/mol. The summed E-state index contributed by atoms with van der Waals surface area (Å²) in [6, 6.07) is 21.3. The number of ether oxygens (including phenoxy) is 5. The maximum atomic E-state index is 12.6. The summed E-state index contributed by atoms with van der Waals surface area (Å²) in [6.07, 6.45) is 4.23. The van der Waals surface area contributed by atoms with Crippen molar-refractivity contribution in [2.75, 3.05) is 26.4 Å². The Labute approximate surface area is 244 Å². The molecule has 0 heterocycles. The zero-order valence-electron chi connectivity index (χ0n) is 23.2. The van der Waals surface area contributed by atoms with Gasteiger partial charge in [0.2, 0.25) is 5.83 Å². The molecule has 0 fully saturated rings. The zero-order chi connectivity index (χ0) is 30.2. The topological polar surface area (TPSA) is 97.4 Å². The minimum absolute atomic E-state index is 0.136. The third kappa shape index (κ3) is 10.9. The third-order valence-electron chi connectivity index (χ3n) is 5.87. The Bertz CT molecular complexity index is 1330. The first kappa shape index (κ1) is 31.6. The zero-order valence-corrected chi connectivity index (χ0v) is 23.2. The lowest BCUT2D eigenvalue weighted by atomic mass is 10.1. The van der Waals surface area contributed by atoms with Crippen molar-refractivity contribution in [3.8, 4) is 28.4 Å². The molecule has 0 aliphatic carbocycles. The lowest BCUT2D eigenvalue weighted by Crippen LogP contribution is -2.10. The second-order valence-corrected chi connectivity index (χ2v) is 8.99. The lowest BCUT2D eigenvalue weighted by Gasteiger charge is -2.09. The molecule has 0 atom stereocenters. The minimum atomic E-state index is -1.09. The molecule has 0 aliphatic rings. The van der Waals surface area contributed by atoms with E-state index in [0.717, 1.165) is 36.5 Å². The second-order valence-electron chi connectivity index (χ2n) is 8.99. The van der Waals surface area contributed by atoms with Crippen LogP contribution in [0.4, 0.5) is 4.39 Å². The van der Waals surface area contributed by atoms with E-state index in [-0.39, 0.29) is 19.8 Å². The maximum Gasteiger partial charge on any atom is 0.366 e. The van der Waals surface area contributed by atoms with Crippen molar-refractivity contribution in [1.82, 2.24) is 0 Å². The Morgan fingerprint density at radius 1 is 0.643 bits per heavy atom. The van der Waals surface area contributed by atoms with E-state index < -0.39 is 23.7 Å². The number of unbranched alkanes of at least 4 members (excludes halogenated alkanes) is 3. The molecule has 42 heavy (non-hydrogen) atoms. The summed E-state index contributed by atoms with van der Waals surface area (Å²) in [7, 11) is 0. The molecular weight excluding hydrogens is 543 g/mol. The fourth-order valence-electron chi connectivity index (χ4n) is 3.66. The van der Waals surface area contributed by atoms with E-state index in [2.05, 4.69) is 13.2 Å². The summed E-state index contributed by atoms with van der Waals surface area (Å²) in [4.78, 5) is 34.6. The molecule has 0 saturated carbocycles. The van der Waals surface area contributed by atoms with Crippen molar-refractivity contribution in [3.05, 3.63) is 103 Å². The number of carbonyl (C=O) groups excluding carboxylic acids is 3. The first-order valence-corrected chi connectivity index (χ1v) is 13.4. The molecule has 9 heteroatoms. The number of hydrogen-bond donors (Lipinski definition) is 0. The van der Waals surface area contributed by atoms with E-state index in [1.807, 2.05) is 36.4 Å². The van der Waals surface area contributed by atoms with Gasteiger partial charge in [0.1, 0.15) is 30.5 Å². The van der Waals surface area contributed by atoms with Crippen molar-refractivity contribution >= 4 is 17.9 Å². The van der Waals surface area contributed by atoms with Crippen LogP contribution in [-0.2, 0) is 19.1 Å². The van der Waals surface area contributed by atoms with Gasteiger partial charge in [-0.3, -0.25) is 0 Å². The Hall–Kier alpha value is -4.92. The smallest absolute Gasteiger partial charge is 0.366 e. The number of benzene rings is 3. The average molecular weight is 577 g/mol. The summed E-state index contributed by atoms with van der Waals surface area (Å²) in [5.74, 6) is -1.37. The highest BCUT2D eigenvalue weighted by Crippen LogP contribution is 2.25. The van der Waals surface area contributed by atoms with Crippen LogP contribution >= 0.6 is 0 Å². The van der Waals surface area contributed by atoms with Gasteiger partial charge < -0.3 is 23.7 Å². The Morgan fingerprint density at radius 3 is 1.74 bits per heavy atom. The first-order chi connectivity index (χ1) is 20.4. The van der Waals surface area contributed by atoms with E-state index in [1.165, 1.54) is 0 Å². The molecule has 3 aromatic carbocycles. The number of halogens is 1. The van der Waals surface area contributed by atoms with Gasteiger partial charge in [0.15, 0.2) is 0 Å². The van der Waals surface area contributed by atoms with Gasteiger partial charge in [-0.15, -0.1) is 0 Å². The molecular formula is C33H33FO8. The van der Waals surface area contributed by atoms with E-state index in [9.17, 15) is 18.8 Å². The molecule has 0 spiro atoms. The van der Waals surface area contributed by atoms with Crippen LogP contribution in [0.15, 0.2) is 97.9 Å². The highest BCUT2D eigenvalue weighted by molar-refractivity contribution is 5.91. The summed E-state index contributed by atoms with van der Waals surface area (Å²) < 4.78 is 38.8. The lowest BCUT2D eigenvalue weighted by molar-refractivity contribution is -0.141. The van der Waals surface area contributed by atoms with Gasteiger partial charge in [0, 0.05) is 6.08 Å². The molecule has 0 bridgehead atoms. The molecule has 0 amide bonds. The second kappa shape index (κ2) is 17.0. The number of rotatable bonds is 17. The van der Waals surface area contributed by atoms with Crippen molar-refractivity contribution in [1.29, 1.82) is 0 Å². The van der Waals surface area contributed by atoms with Crippen LogP contribution in [0.2, 0.25) is 0 Å². The highest BCUT2D eigenvalue weighted by atomic mass is 19.1. The Balaban J connectivity index is 1.36. The highest BCUT2D eigenvalue weighted by Gasteiger charge is 2.10. The van der Waals surface area contributed by atoms with Crippen LogP contribution in [0.25, 0.3) is 11.1 Å². The van der Waals surface area contributed by atoms with Crippen molar-refractivity contribution in [2.24, 2.45) is 0 Å². The molecule has 0 aromatic heterocycles. The third-order valence-corrected chi connectivity index (χ3v) is 5.87. The molecule has 0 unspecified atom stereocenters. The molecule has 0 radical (unpaired) electrons. The van der Waals surface area contributed by atoms with Crippen LogP contribution < -0.4 is 14.2 Å². The van der Waals surface area contributed by atoms with Crippen molar-refractivity contribution in [2.45, 2.75) is 25.7 Å². The normalized spacial score (nSPS) is 10.3. The largest absolute Gasteiger partial charge is 0.494 e. The summed E-state index contributed by atoms with van der Waals surface area (Å²) in [5.41, 5.74) is 2.29.